The molecule has 1 fully saturated rings. The van der Waals surface area contributed by atoms with E-state index < -0.39 is 11.4 Å². The molecule has 1 unspecified atom stereocenters. The van der Waals surface area contributed by atoms with Crippen LogP contribution in [0.25, 0.3) is 0 Å². The first-order valence-corrected chi connectivity index (χ1v) is 7.74. The Balaban J connectivity index is 2.47. The molecule has 1 atom stereocenters. The third-order valence-corrected chi connectivity index (χ3v) is 5.18. The van der Waals surface area contributed by atoms with Gasteiger partial charge in [0.15, 0.2) is 0 Å². The molecule has 1 saturated carbocycles. The summed E-state index contributed by atoms with van der Waals surface area (Å²) in [4.78, 5) is 11.0. The van der Waals surface area contributed by atoms with Gasteiger partial charge in [0.1, 0.15) is 4.75 Å². The highest BCUT2D eigenvalue weighted by Gasteiger charge is 2.38. The highest BCUT2D eigenvalue weighted by molar-refractivity contribution is 7.90. The molecule has 1 amide bonds. The Bertz CT molecular complexity index is 294. The number of amides is 1. The second kappa shape index (κ2) is 5.80. The fourth-order valence-electron chi connectivity index (χ4n) is 2.17. The van der Waals surface area contributed by atoms with E-state index >= 15 is 0 Å². The molecule has 0 aromatic heterocycles. The summed E-state index contributed by atoms with van der Waals surface area (Å²) in [6.07, 6.45) is 3.79. The predicted octanol–water partition coefficient (Wildman–Crippen LogP) is 1.88. The Kier molecular flexibility index (Phi) is 5.09. The highest BCUT2D eigenvalue weighted by Crippen LogP contribution is 2.30. The molecule has 18 heavy (non-hydrogen) atoms. The normalized spacial score (nSPS) is 30.9. The van der Waals surface area contributed by atoms with E-state index in [1.807, 2.05) is 20.8 Å². The fraction of sp³-hybridized carbons (Fsp3) is 0.923. The van der Waals surface area contributed by atoms with E-state index in [9.17, 15) is 9.35 Å². The molecule has 0 aliphatic heterocycles. The van der Waals surface area contributed by atoms with Crippen LogP contribution in [-0.4, -0.2) is 26.8 Å². The third-order valence-electron chi connectivity index (χ3n) is 3.39. The molecule has 0 spiro atoms. The van der Waals surface area contributed by atoms with E-state index in [0.717, 1.165) is 25.7 Å². The second-order valence-electron chi connectivity index (χ2n) is 6.52. The van der Waals surface area contributed by atoms with E-state index in [2.05, 4.69) is 17.0 Å². The smallest absolute Gasteiger partial charge is 0.217 e. The molecule has 0 radical (unpaired) electrons. The van der Waals surface area contributed by atoms with Gasteiger partial charge in [-0.05, 0) is 53.4 Å². The zero-order chi connectivity index (χ0) is 14.0. The largest absolute Gasteiger partial charge is 0.598 e. The summed E-state index contributed by atoms with van der Waals surface area (Å²) in [5, 5.41) is 2.96. The molecular weight excluding hydrogens is 248 g/mol. The van der Waals surface area contributed by atoms with Gasteiger partial charge in [-0.2, -0.15) is 0 Å². The van der Waals surface area contributed by atoms with Gasteiger partial charge < -0.3 is 9.87 Å². The number of hydrogen-bond acceptors (Lipinski definition) is 3. The molecule has 5 heteroatoms. The minimum atomic E-state index is -1.03. The Labute approximate surface area is 114 Å². The standard InChI is InChI=1S/C13H26N2O2S/c1-10(16)14-11-6-8-13(5,9-7-11)15-18(17)12(2,3)4/h11,15H,6-9H2,1-5H3,(H,14,16). The molecule has 4 nitrogen and oxygen atoms in total. The number of carbonyl (C=O) groups is 1. The predicted molar refractivity (Wildman–Crippen MR) is 75.5 cm³/mol. The number of carbonyl (C=O) groups excluding carboxylic acids is 1. The quantitative estimate of drug-likeness (QED) is 0.772. The van der Waals surface area contributed by atoms with Crippen molar-refractivity contribution in [1.29, 1.82) is 0 Å². The van der Waals surface area contributed by atoms with Gasteiger partial charge >= 0.3 is 0 Å². The zero-order valence-corrected chi connectivity index (χ0v) is 12.9. The molecule has 1 aliphatic rings. The van der Waals surface area contributed by atoms with Crippen LogP contribution >= 0.6 is 0 Å². The van der Waals surface area contributed by atoms with Gasteiger partial charge in [-0.25, -0.2) is 0 Å². The molecule has 0 saturated heterocycles. The van der Waals surface area contributed by atoms with Crippen LogP contribution in [0, 0.1) is 0 Å². The van der Waals surface area contributed by atoms with Gasteiger partial charge in [-0.3, -0.25) is 4.79 Å². The van der Waals surface area contributed by atoms with Crippen LogP contribution < -0.4 is 10.0 Å². The molecule has 0 aromatic carbocycles. The van der Waals surface area contributed by atoms with Crippen molar-refractivity contribution in [3.63, 3.8) is 0 Å². The van der Waals surface area contributed by atoms with Gasteiger partial charge in [-0.1, -0.05) is 0 Å². The number of hydrogen-bond donors (Lipinski definition) is 2. The van der Waals surface area contributed by atoms with Crippen molar-refractivity contribution in [1.82, 2.24) is 10.0 Å². The molecule has 2 N–H and O–H groups in total. The Morgan fingerprint density at radius 2 is 1.83 bits per heavy atom. The molecule has 1 rings (SSSR count). The van der Waals surface area contributed by atoms with Gasteiger partial charge in [-0.15, -0.1) is 4.72 Å². The number of rotatable bonds is 3. The Hall–Kier alpha value is -0.260. The van der Waals surface area contributed by atoms with Crippen molar-refractivity contribution in [2.75, 3.05) is 0 Å². The van der Waals surface area contributed by atoms with Crippen LogP contribution in [0.3, 0.4) is 0 Å². The maximum absolute atomic E-state index is 12.1. The van der Waals surface area contributed by atoms with Crippen molar-refractivity contribution in [3.05, 3.63) is 0 Å². The van der Waals surface area contributed by atoms with Crippen LogP contribution in [0.15, 0.2) is 0 Å². The van der Waals surface area contributed by atoms with Crippen molar-refractivity contribution in [2.24, 2.45) is 0 Å². The lowest BCUT2D eigenvalue weighted by Gasteiger charge is -2.39. The molecule has 0 aromatic rings. The lowest BCUT2D eigenvalue weighted by molar-refractivity contribution is -0.119. The average Bonchev–Trinajstić information content (AvgIpc) is 2.19. The number of nitrogens with one attached hydrogen (secondary N) is 2. The van der Waals surface area contributed by atoms with Gasteiger partial charge in [0.2, 0.25) is 5.91 Å². The third kappa shape index (κ3) is 4.78. The van der Waals surface area contributed by atoms with Crippen LogP contribution in [0.1, 0.15) is 60.3 Å². The van der Waals surface area contributed by atoms with Crippen molar-refractivity contribution in [2.45, 2.75) is 76.6 Å². The summed E-state index contributed by atoms with van der Waals surface area (Å²) in [6.45, 7) is 9.61. The SMILES string of the molecule is CC(=O)NC1CCC(C)(N[S+]([O-])C(C)(C)C)CC1. The van der Waals surface area contributed by atoms with Crippen molar-refractivity contribution >= 4 is 17.3 Å². The van der Waals surface area contributed by atoms with E-state index in [-0.39, 0.29) is 22.2 Å². The van der Waals surface area contributed by atoms with Gasteiger partial charge in [0, 0.05) is 24.3 Å². The van der Waals surface area contributed by atoms with Gasteiger partial charge in [0.25, 0.3) is 0 Å². The minimum Gasteiger partial charge on any atom is -0.598 e. The van der Waals surface area contributed by atoms with E-state index in [4.69, 9.17) is 0 Å². The molecular formula is C13H26N2O2S. The average molecular weight is 274 g/mol. The van der Waals surface area contributed by atoms with E-state index in [1.165, 1.54) is 0 Å². The second-order valence-corrected chi connectivity index (χ2v) is 8.48. The molecule has 0 bridgehead atoms. The topological polar surface area (TPSA) is 64.2 Å². The summed E-state index contributed by atoms with van der Waals surface area (Å²) in [7, 11) is 0. The first-order valence-electron chi connectivity index (χ1n) is 6.59. The summed E-state index contributed by atoms with van der Waals surface area (Å²) in [5.41, 5.74) is -0.0763. The minimum absolute atomic E-state index is 0.0369. The van der Waals surface area contributed by atoms with Crippen LogP contribution in [0.4, 0.5) is 0 Å². The van der Waals surface area contributed by atoms with E-state index in [0.29, 0.717) is 0 Å². The van der Waals surface area contributed by atoms with Crippen molar-refractivity contribution < 1.29 is 9.35 Å². The maximum atomic E-state index is 12.1. The van der Waals surface area contributed by atoms with Crippen molar-refractivity contribution in [3.8, 4) is 0 Å². The summed E-state index contributed by atoms with van der Waals surface area (Å²) < 4.78 is 15.2. The van der Waals surface area contributed by atoms with Gasteiger partial charge in [0.05, 0.1) is 5.54 Å². The van der Waals surface area contributed by atoms with Crippen LogP contribution in [0.5, 0.6) is 0 Å². The molecule has 106 valence electrons. The Morgan fingerprint density at radius 3 is 2.22 bits per heavy atom. The highest BCUT2D eigenvalue weighted by atomic mass is 32.2. The zero-order valence-electron chi connectivity index (χ0n) is 12.1. The maximum Gasteiger partial charge on any atom is 0.217 e. The van der Waals surface area contributed by atoms with E-state index in [1.54, 1.807) is 6.92 Å². The molecule has 1 aliphatic carbocycles. The van der Waals surface area contributed by atoms with Crippen LogP contribution in [0.2, 0.25) is 0 Å². The summed E-state index contributed by atoms with van der Waals surface area (Å²) >= 11 is -1.03. The lowest BCUT2D eigenvalue weighted by atomic mass is 9.81. The fourth-order valence-corrected chi connectivity index (χ4v) is 3.12. The first kappa shape index (κ1) is 15.8. The monoisotopic (exact) mass is 274 g/mol. The molecule has 0 heterocycles. The summed E-state index contributed by atoms with van der Waals surface area (Å²) in [6, 6.07) is 0.278. The first-order chi connectivity index (χ1) is 8.12. The Morgan fingerprint density at radius 1 is 1.33 bits per heavy atom. The lowest BCUT2D eigenvalue weighted by Crippen LogP contribution is -2.54. The summed E-state index contributed by atoms with van der Waals surface area (Å²) in [5.74, 6) is 0.0369. The van der Waals surface area contributed by atoms with Crippen LogP contribution in [-0.2, 0) is 16.2 Å².